The van der Waals surface area contributed by atoms with Gasteiger partial charge in [-0.05, 0) is 59.5 Å². The third-order valence-corrected chi connectivity index (χ3v) is 6.30. The fourth-order valence-corrected chi connectivity index (χ4v) is 4.89. The number of aromatic nitrogens is 2. The van der Waals surface area contributed by atoms with Crippen LogP contribution in [0.3, 0.4) is 0 Å². The van der Waals surface area contributed by atoms with Crippen LogP contribution in [0, 0.1) is 8.99 Å². The number of nitrogens with zero attached hydrogens (tertiary/aromatic N) is 2. The van der Waals surface area contributed by atoms with Crippen LogP contribution in [0.1, 0.15) is 61.3 Å². The van der Waals surface area contributed by atoms with Crippen LogP contribution in [-0.4, -0.2) is 42.8 Å². The molecule has 3 N–H and O–H groups in total. The highest BCUT2D eigenvalue weighted by atomic mass is 127. The van der Waals surface area contributed by atoms with Gasteiger partial charge in [-0.1, -0.05) is 26.0 Å². The standard InChI is InChI=1S/C21H23IN2O6/c1-11(2)17-23-15-8-4-7-14(21(18(25)26,19(27)28)20(29)30)16(15)24(17)10-12-5-3-6-13(22)9-12/h3,5-6,9,11,14H,4,7-8,10H2,1-2H3,(H,25,26)(H,27,28)(H,29,30). The van der Waals surface area contributed by atoms with Gasteiger partial charge >= 0.3 is 17.9 Å². The van der Waals surface area contributed by atoms with E-state index in [9.17, 15) is 29.7 Å². The summed E-state index contributed by atoms with van der Waals surface area (Å²) in [5, 5.41) is 29.3. The fraction of sp³-hybridized carbons (Fsp3) is 0.429. The van der Waals surface area contributed by atoms with Gasteiger partial charge in [0.2, 0.25) is 0 Å². The minimum atomic E-state index is -2.97. The molecule has 1 aromatic carbocycles. The molecule has 0 bridgehead atoms. The molecular weight excluding hydrogens is 503 g/mol. The van der Waals surface area contributed by atoms with Gasteiger partial charge < -0.3 is 19.9 Å². The average Bonchev–Trinajstić information content (AvgIpc) is 3.01. The molecule has 8 nitrogen and oxygen atoms in total. The first-order valence-corrected chi connectivity index (χ1v) is 10.7. The highest BCUT2D eigenvalue weighted by molar-refractivity contribution is 14.1. The molecule has 0 aliphatic heterocycles. The minimum absolute atomic E-state index is 0.00656. The molecule has 1 aromatic heterocycles. The Morgan fingerprint density at radius 3 is 2.37 bits per heavy atom. The van der Waals surface area contributed by atoms with Crippen molar-refractivity contribution in [1.82, 2.24) is 9.55 Å². The smallest absolute Gasteiger partial charge is 0.333 e. The van der Waals surface area contributed by atoms with Crippen molar-refractivity contribution in [3.05, 3.63) is 50.6 Å². The van der Waals surface area contributed by atoms with Crippen molar-refractivity contribution in [1.29, 1.82) is 0 Å². The molecule has 0 fully saturated rings. The van der Waals surface area contributed by atoms with Crippen molar-refractivity contribution < 1.29 is 29.7 Å². The highest BCUT2D eigenvalue weighted by Crippen LogP contribution is 2.46. The highest BCUT2D eigenvalue weighted by Gasteiger charge is 2.62. The number of benzene rings is 1. The Morgan fingerprint density at radius 2 is 1.83 bits per heavy atom. The Labute approximate surface area is 187 Å². The summed E-state index contributed by atoms with van der Waals surface area (Å²) in [6.45, 7) is 4.26. The molecular formula is C21H23IN2O6. The van der Waals surface area contributed by atoms with Gasteiger partial charge in [0, 0.05) is 27.6 Å². The number of imidazole rings is 1. The van der Waals surface area contributed by atoms with Crippen molar-refractivity contribution in [2.75, 3.05) is 0 Å². The Kier molecular flexibility index (Phi) is 6.21. The van der Waals surface area contributed by atoms with Crippen molar-refractivity contribution in [2.24, 2.45) is 5.41 Å². The molecule has 2 aromatic rings. The van der Waals surface area contributed by atoms with Crippen molar-refractivity contribution in [3.63, 3.8) is 0 Å². The zero-order valence-corrected chi connectivity index (χ0v) is 18.8. The summed E-state index contributed by atoms with van der Waals surface area (Å²) in [5.74, 6) is -6.14. The monoisotopic (exact) mass is 526 g/mol. The topological polar surface area (TPSA) is 130 Å². The molecule has 0 spiro atoms. The number of rotatable bonds is 7. The molecule has 0 amide bonds. The Morgan fingerprint density at radius 1 is 1.20 bits per heavy atom. The molecule has 0 saturated carbocycles. The van der Waals surface area contributed by atoms with Gasteiger partial charge in [0.15, 0.2) is 0 Å². The SMILES string of the molecule is CC(C)c1nc2c(n1Cc1cccc(I)c1)C(C(C(=O)O)(C(=O)O)C(=O)O)CCC2. The van der Waals surface area contributed by atoms with Gasteiger partial charge in [0.25, 0.3) is 5.41 Å². The van der Waals surface area contributed by atoms with Crippen LogP contribution in [0.5, 0.6) is 0 Å². The zero-order chi connectivity index (χ0) is 22.2. The maximum Gasteiger partial charge on any atom is 0.333 e. The molecule has 1 unspecified atom stereocenters. The van der Waals surface area contributed by atoms with E-state index in [-0.39, 0.29) is 12.3 Å². The summed E-state index contributed by atoms with van der Waals surface area (Å²) in [7, 11) is 0. The summed E-state index contributed by atoms with van der Waals surface area (Å²) in [5.41, 5.74) is -1.02. The van der Waals surface area contributed by atoms with E-state index >= 15 is 0 Å². The molecule has 0 radical (unpaired) electrons. The lowest BCUT2D eigenvalue weighted by molar-refractivity contribution is -0.178. The molecule has 0 saturated heterocycles. The van der Waals surface area contributed by atoms with E-state index in [1.165, 1.54) is 0 Å². The third-order valence-electron chi connectivity index (χ3n) is 5.63. The summed E-state index contributed by atoms with van der Waals surface area (Å²) in [6, 6.07) is 7.76. The normalized spacial score (nSPS) is 16.3. The Hall–Kier alpha value is -2.43. The minimum Gasteiger partial charge on any atom is -0.480 e. The molecule has 30 heavy (non-hydrogen) atoms. The van der Waals surface area contributed by atoms with E-state index in [0.717, 1.165) is 9.13 Å². The molecule has 1 aliphatic rings. The van der Waals surface area contributed by atoms with Crippen LogP contribution < -0.4 is 0 Å². The maximum absolute atomic E-state index is 12.1. The second-order valence-corrected chi connectivity index (χ2v) is 9.09. The average molecular weight is 526 g/mol. The van der Waals surface area contributed by atoms with E-state index in [4.69, 9.17) is 4.98 Å². The zero-order valence-electron chi connectivity index (χ0n) is 16.6. The second-order valence-electron chi connectivity index (χ2n) is 7.84. The van der Waals surface area contributed by atoms with Gasteiger partial charge in [-0.3, -0.25) is 14.4 Å². The van der Waals surface area contributed by atoms with E-state index in [1.807, 2.05) is 42.7 Å². The summed E-state index contributed by atoms with van der Waals surface area (Å²) in [6.07, 6.45) is 1.18. The predicted molar refractivity (Wildman–Crippen MR) is 116 cm³/mol. The first-order valence-electron chi connectivity index (χ1n) is 9.64. The number of halogens is 1. The van der Waals surface area contributed by atoms with Crippen molar-refractivity contribution in [2.45, 2.75) is 51.5 Å². The van der Waals surface area contributed by atoms with E-state index in [0.29, 0.717) is 36.6 Å². The fourth-order valence-electron chi connectivity index (χ4n) is 4.29. The van der Waals surface area contributed by atoms with Gasteiger partial charge in [-0.2, -0.15) is 0 Å². The van der Waals surface area contributed by atoms with Crippen LogP contribution in [0.15, 0.2) is 24.3 Å². The van der Waals surface area contributed by atoms with Gasteiger partial charge in [0.05, 0.1) is 5.69 Å². The van der Waals surface area contributed by atoms with Crippen LogP contribution in [0.2, 0.25) is 0 Å². The number of aryl methyl sites for hydroxylation is 1. The van der Waals surface area contributed by atoms with Crippen LogP contribution in [0.4, 0.5) is 0 Å². The number of carboxylic acid groups (broad SMARTS) is 3. The lowest BCUT2D eigenvalue weighted by Crippen LogP contribution is -2.52. The van der Waals surface area contributed by atoms with Crippen molar-refractivity contribution in [3.8, 4) is 0 Å². The largest absolute Gasteiger partial charge is 0.480 e. The number of fused-ring (bicyclic) bond motifs is 1. The summed E-state index contributed by atoms with van der Waals surface area (Å²) >= 11 is 2.20. The van der Waals surface area contributed by atoms with Crippen LogP contribution in [0.25, 0.3) is 0 Å². The number of carbonyl (C=O) groups is 3. The van der Waals surface area contributed by atoms with Gasteiger partial charge in [0.1, 0.15) is 5.82 Å². The molecule has 160 valence electrons. The Bertz CT molecular complexity index is 977. The number of carboxylic acids is 3. The van der Waals surface area contributed by atoms with Gasteiger partial charge in [-0.15, -0.1) is 0 Å². The van der Waals surface area contributed by atoms with E-state index < -0.39 is 29.2 Å². The first kappa shape index (κ1) is 22.3. The number of hydrogen-bond donors (Lipinski definition) is 3. The lowest BCUT2D eigenvalue weighted by Gasteiger charge is -2.33. The molecule has 1 atom stereocenters. The van der Waals surface area contributed by atoms with Gasteiger partial charge in [-0.25, -0.2) is 4.98 Å². The maximum atomic E-state index is 12.1. The predicted octanol–water partition coefficient (Wildman–Crippen LogP) is 3.32. The van der Waals surface area contributed by atoms with E-state index in [2.05, 4.69) is 22.6 Å². The quantitative estimate of drug-likeness (QED) is 0.373. The summed E-state index contributed by atoms with van der Waals surface area (Å²) < 4.78 is 2.86. The first-order chi connectivity index (χ1) is 14.1. The van der Waals surface area contributed by atoms with E-state index in [1.54, 1.807) is 0 Å². The third kappa shape index (κ3) is 3.59. The molecule has 1 heterocycles. The lowest BCUT2D eigenvalue weighted by atomic mass is 9.68. The summed E-state index contributed by atoms with van der Waals surface area (Å²) in [4.78, 5) is 40.9. The van der Waals surface area contributed by atoms with Crippen LogP contribution >= 0.6 is 22.6 Å². The second kappa shape index (κ2) is 8.37. The number of aliphatic carboxylic acids is 3. The molecule has 1 aliphatic carbocycles. The molecule has 3 rings (SSSR count). The van der Waals surface area contributed by atoms with Crippen molar-refractivity contribution >= 4 is 40.5 Å². The Balaban J connectivity index is 2.26. The number of hydrogen-bond acceptors (Lipinski definition) is 4. The molecule has 9 heteroatoms. The van der Waals surface area contributed by atoms with Crippen LogP contribution in [-0.2, 0) is 27.3 Å².